The summed E-state index contributed by atoms with van der Waals surface area (Å²) in [6.45, 7) is 16.5. The molecule has 8 heteroatoms. The molecule has 0 radical (unpaired) electrons. The van der Waals surface area contributed by atoms with Crippen molar-refractivity contribution in [3.8, 4) is 0 Å². The fourth-order valence-electron chi connectivity index (χ4n) is 3.19. The van der Waals surface area contributed by atoms with Crippen LogP contribution in [0.1, 0.15) is 51.7 Å². The van der Waals surface area contributed by atoms with E-state index < -0.39 is 0 Å². The molecule has 1 aliphatic heterocycles. The van der Waals surface area contributed by atoms with Gasteiger partial charge >= 0.3 is 0 Å². The zero-order chi connectivity index (χ0) is 19.9. The Bertz CT molecular complexity index is 594. The van der Waals surface area contributed by atoms with Gasteiger partial charge in [0.2, 0.25) is 0 Å². The van der Waals surface area contributed by atoms with Gasteiger partial charge in [-0.1, -0.05) is 34.6 Å². The van der Waals surface area contributed by atoms with Crippen LogP contribution in [0.2, 0.25) is 0 Å². The Balaban J connectivity index is 0.00000392. The van der Waals surface area contributed by atoms with E-state index in [0.29, 0.717) is 18.5 Å². The van der Waals surface area contributed by atoms with Gasteiger partial charge in [0.1, 0.15) is 0 Å². The number of guanidine groups is 1. The molecule has 162 valence electrons. The highest BCUT2D eigenvalue weighted by molar-refractivity contribution is 14.0. The second kappa shape index (κ2) is 12.3. The number of morpholine rings is 1. The van der Waals surface area contributed by atoms with Crippen molar-refractivity contribution in [2.45, 2.75) is 59.0 Å². The molecular formula is C20H38IN5OS. The normalized spacial score (nSPS) is 17.3. The molecule has 1 unspecified atom stereocenters. The maximum atomic E-state index is 5.51. The molecule has 28 heavy (non-hydrogen) atoms. The average Bonchev–Trinajstić information content (AvgIpc) is 3.10. The van der Waals surface area contributed by atoms with Gasteiger partial charge in [-0.05, 0) is 12.3 Å². The van der Waals surface area contributed by atoms with Gasteiger partial charge in [0.25, 0.3) is 0 Å². The monoisotopic (exact) mass is 523 g/mol. The maximum absolute atomic E-state index is 5.51. The number of rotatable bonds is 7. The van der Waals surface area contributed by atoms with Crippen LogP contribution in [0.15, 0.2) is 10.4 Å². The zero-order valence-corrected chi connectivity index (χ0v) is 21.4. The van der Waals surface area contributed by atoms with Gasteiger partial charge < -0.3 is 15.4 Å². The molecule has 1 aliphatic rings. The van der Waals surface area contributed by atoms with Gasteiger partial charge in [-0.3, -0.25) is 9.89 Å². The highest BCUT2D eigenvalue weighted by Gasteiger charge is 2.22. The third-order valence-electron chi connectivity index (χ3n) is 4.66. The first-order valence-electron chi connectivity index (χ1n) is 10.0. The molecule has 0 aromatic carbocycles. The van der Waals surface area contributed by atoms with Crippen LogP contribution in [0.25, 0.3) is 0 Å². The predicted molar refractivity (Wildman–Crippen MR) is 130 cm³/mol. The van der Waals surface area contributed by atoms with Gasteiger partial charge in [-0.2, -0.15) is 0 Å². The Kier molecular flexibility index (Phi) is 11.2. The van der Waals surface area contributed by atoms with Gasteiger partial charge in [0.05, 0.1) is 30.5 Å². The van der Waals surface area contributed by atoms with E-state index >= 15 is 0 Å². The lowest BCUT2D eigenvalue weighted by Crippen LogP contribution is -2.51. The predicted octanol–water partition coefficient (Wildman–Crippen LogP) is 3.47. The van der Waals surface area contributed by atoms with Crippen LogP contribution in [-0.2, 0) is 16.7 Å². The number of ether oxygens (including phenoxy) is 1. The van der Waals surface area contributed by atoms with E-state index in [0.717, 1.165) is 44.5 Å². The van der Waals surface area contributed by atoms with Crippen LogP contribution in [-0.4, -0.2) is 61.8 Å². The zero-order valence-electron chi connectivity index (χ0n) is 18.2. The van der Waals surface area contributed by atoms with Gasteiger partial charge in [-0.25, -0.2) is 4.98 Å². The highest BCUT2D eigenvalue weighted by Crippen LogP contribution is 2.25. The van der Waals surface area contributed by atoms with Gasteiger partial charge in [0.15, 0.2) is 5.96 Å². The SMILES string of the molecule is CN=C(NCc1csc(C(C)(C)C)n1)NCC(CC(C)C)N1CCOCC1.I. The lowest BCUT2D eigenvalue weighted by atomic mass is 9.98. The average molecular weight is 524 g/mol. The molecule has 6 nitrogen and oxygen atoms in total. The fraction of sp³-hybridized carbons (Fsp3) is 0.800. The van der Waals surface area contributed by atoms with Crippen LogP contribution >= 0.6 is 35.3 Å². The number of halogens is 1. The molecule has 1 fully saturated rings. The van der Waals surface area contributed by atoms with Gasteiger partial charge in [-0.15, -0.1) is 35.3 Å². The third kappa shape index (κ3) is 8.51. The van der Waals surface area contributed by atoms with E-state index in [2.05, 4.69) is 60.5 Å². The van der Waals surface area contributed by atoms with E-state index in [1.807, 2.05) is 7.05 Å². The first-order chi connectivity index (χ1) is 12.8. The Morgan fingerprint density at radius 3 is 2.50 bits per heavy atom. The molecule has 0 bridgehead atoms. The summed E-state index contributed by atoms with van der Waals surface area (Å²) in [5, 5.41) is 10.2. The van der Waals surface area contributed by atoms with Crippen LogP contribution in [0.5, 0.6) is 0 Å². The van der Waals surface area contributed by atoms with Crippen LogP contribution in [0.3, 0.4) is 0 Å². The summed E-state index contributed by atoms with van der Waals surface area (Å²) < 4.78 is 5.51. The molecule has 2 N–H and O–H groups in total. The summed E-state index contributed by atoms with van der Waals surface area (Å²) in [4.78, 5) is 11.7. The Morgan fingerprint density at radius 1 is 1.29 bits per heavy atom. The first-order valence-corrected chi connectivity index (χ1v) is 10.9. The summed E-state index contributed by atoms with van der Waals surface area (Å²) in [5.74, 6) is 1.50. The number of hydrogen-bond donors (Lipinski definition) is 2. The minimum Gasteiger partial charge on any atom is -0.379 e. The second-order valence-electron chi connectivity index (χ2n) is 8.63. The van der Waals surface area contributed by atoms with E-state index in [1.165, 1.54) is 11.4 Å². The number of aliphatic imine (C=N–C) groups is 1. The minimum absolute atomic E-state index is 0. The Hall–Kier alpha value is -0.450. The number of thiazole rings is 1. The molecule has 0 spiro atoms. The largest absolute Gasteiger partial charge is 0.379 e. The summed E-state index contributed by atoms with van der Waals surface area (Å²) in [7, 11) is 1.82. The van der Waals surface area contributed by atoms with Gasteiger partial charge in [0, 0.05) is 43.5 Å². The lowest BCUT2D eigenvalue weighted by Gasteiger charge is -2.35. The highest BCUT2D eigenvalue weighted by atomic mass is 127. The molecule has 0 aliphatic carbocycles. The van der Waals surface area contributed by atoms with Crippen molar-refractivity contribution >= 4 is 41.3 Å². The van der Waals surface area contributed by atoms with E-state index in [4.69, 9.17) is 9.72 Å². The molecule has 0 saturated carbocycles. The van der Waals surface area contributed by atoms with Crippen molar-refractivity contribution in [1.29, 1.82) is 0 Å². The number of nitrogens with zero attached hydrogens (tertiary/aromatic N) is 3. The van der Waals surface area contributed by atoms with Crippen LogP contribution in [0, 0.1) is 5.92 Å². The van der Waals surface area contributed by atoms with Crippen molar-refractivity contribution in [1.82, 2.24) is 20.5 Å². The van der Waals surface area contributed by atoms with Crippen molar-refractivity contribution < 1.29 is 4.74 Å². The summed E-state index contributed by atoms with van der Waals surface area (Å²) in [6.07, 6.45) is 1.17. The van der Waals surface area contributed by atoms with Crippen molar-refractivity contribution in [2.75, 3.05) is 39.9 Å². The maximum Gasteiger partial charge on any atom is 0.191 e. The summed E-state index contributed by atoms with van der Waals surface area (Å²) in [5.41, 5.74) is 1.17. The quantitative estimate of drug-likeness (QED) is 0.326. The Morgan fingerprint density at radius 2 is 1.96 bits per heavy atom. The van der Waals surface area contributed by atoms with Crippen LogP contribution in [0.4, 0.5) is 0 Å². The molecule has 1 atom stereocenters. The number of nitrogens with one attached hydrogen (secondary N) is 2. The molecule has 2 heterocycles. The number of hydrogen-bond acceptors (Lipinski definition) is 5. The topological polar surface area (TPSA) is 61.8 Å². The van der Waals surface area contributed by atoms with E-state index in [9.17, 15) is 0 Å². The minimum atomic E-state index is 0. The molecule has 1 aromatic rings. The van der Waals surface area contributed by atoms with Crippen molar-refractivity contribution in [3.63, 3.8) is 0 Å². The molecule has 1 aromatic heterocycles. The van der Waals surface area contributed by atoms with E-state index in [1.54, 1.807) is 11.3 Å². The summed E-state index contributed by atoms with van der Waals surface area (Å²) in [6, 6.07) is 0.499. The standard InChI is InChI=1S/C20H37N5OS.HI/c1-15(2)11-17(25-7-9-26-10-8-25)13-23-19(21-6)22-12-16-14-27-18(24-16)20(3,4)5;/h14-15,17H,7-13H2,1-6H3,(H2,21,22,23);1H. The molecule has 0 amide bonds. The fourth-order valence-corrected chi connectivity index (χ4v) is 4.10. The van der Waals surface area contributed by atoms with Crippen LogP contribution < -0.4 is 10.6 Å². The third-order valence-corrected chi connectivity index (χ3v) is 5.98. The van der Waals surface area contributed by atoms with Crippen molar-refractivity contribution in [2.24, 2.45) is 10.9 Å². The van der Waals surface area contributed by atoms with E-state index in [-0.39, 0.29) is 29.4 Å². The first kappa shape index (κ1) is 25.6. The smallest absolute Gasteiger partial charge is 0.191 e. The summed E-state index contributed by atoms with van der Waals surface area (Å²) >= 11 is 1.73. The molecule has 1 saturated heterocycles. The van der Waals surface area contributed by atoms with Crippen molar-refractivity contribution in [3.05, 3.63) is 16.1 Å². The number of aromatic nitrogens is 1. The molecule has 2 rings (SSSR count). The Labute approximate surface area is 192 Å². The second-order valence-corrected chi connectivity index (χ2v) is 9.49. The lowest BCUT2D eigenvalue weighted by molar-refractivity contribution is 0.0132. The molecular weight excluding hydrogens is 485 g/mol.